The van der Waals surface area contributed by atoms with Crippen molar-refractivity contribution in [3.8, 4) is 0 Å². The lowest BCUT2D eigenvalue weighted by Gasteiger charge is -2.12. The standard InChI is InChI=1S/C13H16N4O7/c14-10(18)6-9(13(21)22)15-11(19)2-1-5-16-7-8(17(23)24)3-4-12(16)20/h3-4,7,9H,1-2,5-6H2,(H2,14,18)(H,15,19)(H,21,22). The molecule has 1 heterocycles. The molecule has 1 rings (SSSR count). The van der Waals surface area contributed by atoms with Crippen LogP contribution in [-0.4, -0.2) is 38.4 Å². The van der Waals surface area contributed by atoms with Crippen molar-refractivity contribution >= 4 is 23.5 Å². The number of aliphatic carboxylic acids is 1. The van der Waals surface area contributed by atoms with Gasteiger partial charge in [-0.2, -0.15) is 0 Å². The number of amides is 2. The van der Waals surface area contributed by atoms with Crippen LogP contribution in [0.5, 0.6) is 0 Å². The van der Waals surface area contributed by atoms with Crippen LogP contribution in [0.15, 0.2) is 23.1 Å². The highest BCUT2D eigenvalue weighted by atomic mass is 16.6. The minimum Gasteiger partial charge on any atom is -0.480 e. The van der Waals surface area contributed by atoms with Crippen molar-refractivity contribution in [3.05, 3.63) is 38.8 Å². The van der Waals surface area contributed by atoms with E-state index in [2.05, 4.69) is 5.32 Å². The van der Waals surface area contributed by atoms with Gasteiger partial charge in [-0.15, -0.1) is 0 Å². The number of carboxylic acids is 1. The lowest BCUT2D eigenvalue weighted by molar-refractivity contribution is -0.385. The summed E-state index contributed by atoms with van der Waals surface area (Å²) in [5.74, 6) is -2.90. The smallest absolute Gasteiger partial charge is 0.326 e. The molecule has 0 fully saturated rings. The molecule has 0 aliphatic carbocycles. The van der Waals surface area contributed by atoms with E-state index >= 15 is 0 Å². The highest BCUT2D eigenvalue weighted by Crippen LogP contribution is 2.07. The third-order valence-corrected chi connectivity index (χ3v) is 3.02. The number of nitrogens with zero attached hydrogens (tertiary/aromatic N) is 2. The van der Waals surface area contributed by atoms with Crippen molar-refractivity contribution in [2.24, 2.45) is 5.73 Å². The molecule has 0 bridgehead atoms. The molecule has 0 aromatic carbocycles. The predicted molar refractivity (Wildman–Crippen MR) is 80.0 cm³/mol. The van der Waals surface area contributed by atoms with Crippen molar-refractivity contribution in [1.82, 2.24) is 9.88 Å². The van der Waals surface area contributed by atoms with Gasteiger partial charge >= 0.3 is 5.97 Å². The zero-order valence-corrected chi connectivity index (χ0v) is 12.5. The monoisotopic (exact) mass is 340 g/mol. The fraction of sp³-hybridized carbons (Fsp3) is 0.385. The maximum atomic E-state index is 11.7. The van der Waals surface area contributed by atoms with Crippen LogP contribution in [0.25, 0.3) is 0 Å². The van der Waals surface area contributed by atoms with Gasteiger partial charge in [0.1, 0.15) is 6.04 Å². The molecule has 0 saturated carbocycles. The Morgan fingerprint density at radius 3 is 2.58 bits per heavy atom. The van der Waals surface area contributed by atoms with Crippen molar-refractivity contribution in [2.45, 2.75) is 31.8 Å². The number of nitrogens with two attached hydrogens (primary N) is 1. The van der Waals surface area contributed by atoms with E-state index in [1.54, 1.807) is 0 Å². The molecule has 1 aromatic rings. The first kappa shape index (κ1) is 18.8. The van der Waals surface area contributed by atoms with E-state index in [0.29, 0.717) is 0 Å². The van der Waals surface area contributed by atoms with E-state index in [4.69, 9.17) is 10.8 Å². The van der Waals surface area contributed by atoms with Gasteiger partial charge < -0.3 is 20.7 Å². The Bertz CT molecular complexity index is 713. The molecule has 130 valence electrons. The van der Waals surface area contributed by atoms with Crippen LogP contribution >= 0.6 is 0 Å². The van der Waals surface area contributed by atoms with Crippen LogP contribution in [0.2, 0.25) is 0 Å². The molecule has 11 heteroatoms. The molecular weight excluding hydrogens is 324 g/mol. The Kier molecular flexibility index (Phi) is 6.59. The van der Waals surface area contributed by atoms with Crippen LogP contribution < -0.4 is 16.6 Å². The first-order chi connectivity index (χ1) is 11.2. The van der Waals surface area contributed by atoms with Gasteiger partial charge in [-0.3, -0.25) is 24.5 Å². The molecule has 0 aliphatic rings. The van der Waals surface area contributed by atoms with Crippen LogP contribution in [0.1, 0.15) is 19.3 Å². The highest BCUT2D eigenvalue weighted by Gasteiger charge is 2.21. The van der Waals surface area contributed by atoms with E-state index in [9.17, 15) is 29.3 Å². The van der Waals surface area contributed by atoms with Crippen molar-refractivity contribution < 1.29 is 24.4 Å². The van der Waals surface area contributed by atoms with Crippen molar-refractivity contribution in [1.29, 1.82) is 0 Å². The minimum atomic E-state index is -1.42. The van der Waals surface area contributed by atoms with Crippen LogP contribution in [0.3, 0.4) is 0 Å². The third-order valence-electron chi connectivity index (χ3n) is 3.02. The number of carbonyl (C=O) groups excluding carboxylic acids is 2. The molecule has 4 N–H and O–H groups in total. The quantitative estimate of drug-likeness (QED) is 0.381. The summed E-state index contributed by atoms with van der Waals surface area (Å²) in [6.45, 7) is 0.0431. The largest absolute Gasteiger partial charge is 0.480 e. The van der Waals surface area contributed by atoms with Gasteiger partial charge in [-0.1, -0.05) is 0 Å². The molecule has 0 aliphatic heterocycles. The number of primary amides is 1. The van der Waals surface area contributed by atoms with E-state index in [0.717, 1.165) is 22.9 Å². The van der Waals surface area contributed by atoms with E-state index in [1.165, 1.54) is 0 Å². The fourth-order valence-corrected chi connectivity index (χ4v) is 1.88. The molecule has 11 nitrogen and oxygen atoms in total. The number of aryl methyl sites for hydroxylation is 1. The molecule has 0 radical (unpaired) electrons. The molecule has 1 unspecified atom stereocenters. The van der Waals surface area contributed by atoms with E-state index < -0.39 is 40.7 Å². The number of hydrogen-bond acceptors (Lipinski definition) is 6. The summed E-state index contributed by atoms with van der Waals surface area (Å²) >= 11 is 0. The number of hydrogen-bond donors (Lipinski definition) is 3. The van der Waals surface area contributed by atoms with Gasteiger partial charge in [0.05, 0.1) is 17.5 Å². The fourth-order valence-electron chi connectivity index (χ4n) is 1.88. The first-order valence-electron chi connectivity index (χ1n) is 6.86. The van der Waals surface area contributed by atoms with Gasteiger partial charge in [-0.25, -0.2) is 4.79 Å². The lowest BCUT2D eigenvalue weighted by Crippen LogP contribution is -2.43. The van der Waals surface area contributed by atoms with Gasteiger partial charge in [-0.05, 0) is 6.42 Å². The number of nitrogens with one attached hydrogen (secondary N) is 1. The summed E-state index contributed by atoms with van der Waals surface area (Å²) in [6, 6.07) is 0.703. The van der Waals surface area contributed by atoms with Crippen molar-refractivity contribution in [3.63, 3.8) is 0 Å². The minimum absolute atomic E-state index is 0.0431. The maximum Gasteiger partial charge on any atom is 0.326 e. The van der Waals surface area contributed by atoms with Gasteiger partial charge in [0, 0.05) is 25.1 Å². The zero-order valence-electron chi connectivity index (χ0n) is 12.5. The first-order valence-corrected chi connectivity index (χ1v) is 6.86. The number of carboxylic acid groups (broad SMARTS) is 1. The molecule has 0 saturated heterocycles. The Hall–Kier alpha value is -3.24. The zero-order chi connectivity index (χ0) is 18.3. The Morgan fingerprint density at radius 1 is 1.38 bits per heavy atom. The number of pyridine rings is 1. The predicted octanol–water partition coefficient (Wildman–Crippen LogP) is -1.02. The Balaban J connectivity index is 2.58. The number of rotatable bonds is 9. The second-order valence-electron chi connectivity index (χ2n) is 4.91. The summed E-state index contributed by atoms with van der Waals surface area (Å²) in [5.41, 5.74) is 4.17. The second-order valence-corrected chi connectivity index (χ2v) is 4.91. The van der Waals surface area contributed by atoms with Gasteiger partial charge in [0.25, 0.3) is 11.2 Å². The second kappa shape index (κ2) is 8.41. The van der Waals surface area contributed by atoms with Crippen molar-refractivity contribution in [2.75, 3.05) is 0 Å². The molecule has 1 atom stereocenters. The topological polar surface area (TPSA) is 175 Å². The van der Waals surface area contributed by atoms with Gasteiger partial charge in [0.2, 0.25) is 11.8 Å². The third kappa shape index (κ3) is 5.87. The summed E-state index contributed by atoms with van der Waals surface area (Å²) in [7, 11) is 0. The molecule has 1 aromatic heterocycles. The van der Waals surface area contributed by atoms with Crippen LogP contribution in [-0.2, 0) is 20.9 Å². The van der Waals surface area contributed by atoms with Crippen LogP contribution in [0, 0.1) is 10.1 Å². The molecule has 24 heavy (non-hydrogen) atoms. The maximum absolute atomic E-state index is 11.7. The number of nitro groups is 1. The average Bonchev–Trinajstić information content (AvgIpc) is 2.47. The van der Waals surface area contributed by atoms with E-state index in [-0.39, 0.29) is 25.1 Å². The van der Waals surface area contributed by atoms with Crippen LogP contribution in [0.4, 0.5) is 5.69 Å². The molecular formula is C13H16N4O7. The summed E-state index contributed by atoms with van der Waals surface area (Å²) in [5, 5.41) is 21.7. The molecule has 2 amide bonds. The number of aromatic nitrogens is 1. The summed E-state index contributed by atoms with van der Waals surface area (Å²) in [6.07, 6.45) is 0.548. The van der Waals surface area contributed by atoms with Gasteiger partial charge in [0.15, 0.2) is 0 Å². The average molecular weight is 340 g/mol. The normalized spacial score (nSPS) is 11.5. The van der Waals surface area contributed by atoms with E-state index in [1.807, 2.05) is 0 Å². The Morgan fingerprint density at radius 2 is 2.04 bits per heavy atom. The lowest BCUT2D eigenvalue weighted by atomic mass is 10.2. The summed E-state index contributed by atoms with van der Waals surface area (Å²) < 4.78 is 1.09. The Labute approximate surface area is 135 Å². The highest BCUT2D eigenvalue weighted by molar-refractivity contribution is 5.88. The molecule has 0 spiro atoms. The number of carbonyl (C=O) groups is 3. The SMILES string of the molecule is NC(=O)CC(NC(=O)CCCn1cc([N+](=O)[O-])ccc1=O)C(=O)O. The summed E-state index contributed by atoms with van der Waals surface area (Å²) in [4.78, 5) is 54.9.